The van der Waals surface area contributed by atoms with Crippen LogP contribution in [-0.2, 0) is 10.2 Å². The van der Waals surface area contributed by atoms with E-state index in [1.807, 2.05) is 0 Å². The first-order valence-electron chi connectivity index (χ1n) is 7.45. The summed E-state index contributed by atoms with van der Waals surface area (Å²) in [5, 5.41) is 3.45. The van der Waals surface area contributed by atoms with Gasteiger partial charge in [-0.1, -0.05) is 52.0 Å². The molecule has 1 fully saturated rings. The molecule has 0 aromatic heterocycles. The highest BCUT2D eigenvalue weighted by Gasteiger charge is 2.29. The second kappa shape index (κ2) is 6.06. The summed E-state index contributed by atoms with van der Waals surface area (Å²) in [6, 6.07) is 8.99. The molecule has 0 saturated carbocycles. The predicted molar refractivity (Wildman–Crippen MR) is 80.5 cm³/mol. The van der Waals surface area contributed by atoms with Crippen LogP contribution in [0.15, 0.2) is 24.3 Å². The second-order valence-electron chi connectivity index (χ2n) is 6.52. The molecule has 1 aliphatic rings. The maximum Gasteiger partial charge on any atom is 0.0866 e. The van der Waals surface area contributed by atoms with Gasteiger partial charge in [-0.3, -0.25) is 0 Å². The lowest BCUT2D eigenvalue weighted by Crippen LogP contribution is -2.24. The van der Waals surface area contributed by atoms with Crippen molar-refractivity contribution in [3.8, 4) is 0 Å². The quantitative estimate of drug-likeness (QED) is 0.893. The number of hydrogen-bond acceptors (Lipinski definition) is 2. The smallest absolute Gasteiger partial charge is 0.0866 e. The molecule has 0 amide bonds. The minimum atomic E-state index is 0.220. The van der Waals surface area contributed by atoms with Crippen LogP contribution >= 0.6 is 0 Å². The van der Waals surface area contributed by atoms with Gasteiger partial charge in [0.1, 0.15) is 0 Å². The Labute approximate surface area is 117 Å². The molecular formula is C17H27NO. The first kappa shape index (κ1) is 14.5. The number of hydrogen-bond donors (Lipinski definition) is 1. The molecule has 106 valence electrons. The van der Waals surface area contributed by atoms with Crippen molar-refractivity contribution in [2.24, 2.45) is 5.92 Å². The van der Waals surface area contributed by atoms with Crippen LogP contribution in [0, 0.1) is 5.92 Å². The van der Waals surface area contributed by atoms with Crippen molar-refractivity contribution in [3.63, 3.8) is 0 Å². The molecule has 1 saturated heterocycles. The van der Waals surface area contributed by atoms with E-state index in [-0.39, 0.29) is 11.5 Å². The fraction of sp³-hybridized carbons (Fsp3) is 0.647. The van der Waals surface area contributed by atoms with Crippen LogP contribution < -0.4 is 5.32 Å². The van der Waals surface area contributed by atoms with E-state index in [0.29, 0.717) is 5.92 Å². The molecule has 1 aromatic rings. The van der Waals surface area contributed by atoms with Crippen LogP contribution in [0.2, 0.25) is 0 Å². The Morgan fingerprint density at radius 1 is 1.21 bits per heavy atom. The van der Waals surface area contributed by atoms with E-state index in [1.54, 1.807) is 0 Å². The van der Waals surface area contributed by atoms with Crippen molar-refractivity contribution in [2.75, 3.05) is 19.7 Å². The lowest BCUT2D eigenvalue weighted by molar-refractivity contribution is 0.0906. The average molecular weight is 261 g/mol. The molecule has 2 unspecified atom stereocenters. The van der Waals surface area contributed by atoms with Gasteiger partial charge in [-0.25, -0.2) is 0 Å². The highest BCUT2D eigenvalue weighted by atomic mass is 16.5. The van der Waals surface area contributed by atoms with Gasteiger partial charge in [0, 0.05) is 19.1 Å². The third-order valence-corrected chi connectivity index (χ3v) is 3.98. The zero-order chi connectivity index (χ0) is 13.9. The van der Waals surface area contributed by atoms with Crippen LogP contribution in [0.4, 0.5) is 0 Å². The predicted octanol–water partition coefficient (Wildman–Crippen LogP) is 3.67. The van der Waals surface area contributed by atoms with Gasteiger partial charge >= 0.3 is 0 Å². The molecule has 0 aliphatic carbocycles. The maximum atomic E-state index is 5.93. The highest BCUT2D eigenvalue weighted by Crippen LogP contribution is 2.35. The van der Waals surface area contributed by atoms with Gasteiger partial charge in [-0.15, -0.1) is 0 Å². The van der Waals surface area contributed by atoms with Crippen molar-refractivity contribution < 1.29 is 4.74 Å². The Kier molecular flexibility index (Phi) is 4.64. The summed E-state index contributed by atoms with van der Waals surface area (Å²) in [5.41, 5.74) is 2.93. The Bertz CT molecular complexity index is 391. The molecule has 1 aromatic carbocycles. The van der Waals surface area contributed by atoms with Crippen molar-refractivity contribution in [1.29, 1.82) is 0 Å². The van der Waals surface area contributed by atoms with Crippen LogP contribution in [0.3, 0.4) is 0 Å². The van der Waals surface area contributed by atoms with Gasteiger partial charge in [0.25, 0.3) is 0 Å². The van der Waals surface area contributed by atoms with Crippen LogP contribution in [-0.4, -0.2) is 19.7 Å². The molecule has 1 aliphatic heterocycles. The molecule has 2 nitrogen and oxygen atoms in total. The summed E-state index contributed by atoms with van der Waals surface area (Å²) in [7, 11) is 0. The van der Waals surface area contributed by atoms with E-state index in [2.05, 4.69) is 57.3 Å². The fourth-order valence-electron chi connectivity index (χ4n) is 2.71. The van der Waals surface area contributed by atoms with Gasteiger partial charge in [-0.2, -0.15) is 0 Å². The third-order valence-electron chi connectivity index (χ3n) is 3.98. The molecule has 0 bridgehead atoms. The van der Waals surface area contributed by atoms with Crippen molar-refractivity contribution >= 4 is 0 Å². The zero-order valence-electron chi connectivity index (χ0n) is 12.7. The third kappa shape index (κ3) is 3.58. The Morgan fingerprint density at radius 3 is 2.47 bits per heavy atom. The van der Waals surface area contributed by atoms with Gasteiger partial charge in [0.05, 0.1) is 6.10 Å². The highest BCUT2D eigenvalue weighted by molar-refractivity contribution is 5.29. The van der Waals surface area contributed by atoms with E-state index in [4.69, 9.17) is 4.74 Å². The number of rotatable bonds is 4. The molecule has 19 heavy (non-hydrogen) atoms. The van der Waals surface area contributed by atoms with E-state index in [0.717, 1.165) is 19.7 Å². The normalized spacial score (nSPS) is 23.8. The number of ether oxygens (including phenoxy) is 1. The largest absolute Gasteiger partial charge is 0.373 e. The number of nitrogens with one attached hydrogen (secondary N) is 1. The first-order valence-corrected chi connectivity index (χ1v) is 7.45. The molecule has 2 atom stereocenters. The summed E-state index contributed by atoms with van der Waals surface area (Å²) < 4.78 is 5.93. The van der Waals surface area contributed by atoms with Gasteiger partial charge in [0.15, 0.2) is 0 Å². The van der Waals surface area contributed by atoms with E-state index < -0.39 is 0 Å². The summed E-state index contributed by atoms with van der Waals surface area (Å²) in [6.45, 7) is 11.9. The number of benzene rings is 1. The van der Waals surface area contributed by atoms with E-state index >= 15 is 0 Å². The molecular weight excluding hydrogens is 234 g/mol. The minimum absolute atomic E-state index is 0.220. The summed E-state index contributed by atoms with van der Waals surface area (Å²) in [4.78, 5) is 0. The molecule has 1 heterocycles. The van der Waals surface area contributed by atoms with Gasteiger partial charge < -0.3 is 10.1 Å². The Morgan fingerprint density at radius 2 is 1.89 bits per heavy atom. The molecule has 0 radical (unpaired) electrons. The van der Waals surface area contributed by atoms with Gasteiger partial charge in [-0.05, 0) is 29.5 Å². The monoisotopic (exact) mass is 261 g/mol. The molecule has 2 rings (SSSR count). The Hall–Kier alpha value is -0.860. The van der Waals surface area contributed by atoms with E-state index in [1.165, 1.54) is 17.5 Å². The van der Waals surface area contributed by atoms with Crippen LogP contribution in [0.25, 0.3) is 0 Å². The topological polar surface area (TPSA) is 21.3 Å². The van der Waals surface area contributed by atoms with Gasteiger partial charge in [0.2, 0.25) is 0 Å². The van der Waals surface area contributed by atoms with Crippen molar-refractivity contribution in [1.82, 2.24) is 5.32 Å². The maximum absolute atomic E-state index is 5.93. The van der Waals surface area contributed by atoms with E-state index in [9.17, 15) is 0 Å². The fourth-order valence-corrected chi connectivity index (χ4v) is 2.71. The SMILES string of the molecule is CCNCC1CCOC1c1ccc(C(C)(C)C)cc1. The molecule has 2 heteroatoms. The summed E-state index contributed by atoms with van der Waals surface area (Å²) in [6.07, 6.45) is 1.44. The summed E-state index contributed by atoms with van der Waals surface area (Å²) >= 11 is 0. The summed E-state index contributed by atoms with van der Waals surface area (Å²) in [5.74, 6) is 0.612. The minimum Gasteiger partial charge on any atom is -0.373 e. The average Bonchev–Trinajstić information content (AvgIpc) is 2.83. The first-order chi connectivity index (χ1) is 9.02. The molecule has 0 spiro atoms. The van der Waals surface area contributed by atoms with Crippen molar-refractivity contribution in [2.45, 2.75) is 45.6 Å². The van der Waals surface area contributed by atoms with Crippen LogP contribution in [0.1, 0.15) is 51.3 Å². The Balaban J connectivity index is 2.08. The lowest BCUT2D eigenvalue weighted by atomic mass is 9.85. The standard InChI is InChI=1S/C17H27NO/c1-5-18-12-14-10-11-19-16(14)13-6-8-15(9-7-13)17(2,3)4/h6-9,14,16,18H,5,10-12H2,1-4H3. The van der Waals surface area contributed by atoms with Crippen molar-refractivity contribution in [3.05, 3.63) is 35.4 Å². The lowest BCUT2D eigenvalue weighted by Gasteiger charge is -2.22. The van der Waals surface area contributed by atoms with Crippen LogP contribution in [0.5, 0.6) is 0 Å². The molecule has 1 N–H and O–H groups in total. The second-order valence-corrected chi connectivity index (χ2v) is 6.52. The zero-order valence-corrected chi connectivity index (χ0v) is 12.7.